The van der Waals surface area contributed by atoms with Gasteiger partial charge in [0.05, 0.1) is 19.3 Å². The van der Waals surface area contributed by atoms with Gasteiger partial charge in [-0.2, -0.15) is 0 Å². The summed E-state index contributed by atoms with van der Waals surface area (Å²) >= 11 is 0. The van der Waals surface area contributed by atoms with Crippen LogP contribution in [0.25, 0.3) is 0 Å². The van der Waals surface area contributed by atoms with E-state index in [2.05, 4.69) is 79.1 Å². The lowest BCUT2D eigenvalue weighted by molar-refractivity contribution is -0.161. The van der Waals surface area contributed by atoms with Crippen molar-refractivity contribution in [3.8, 4) is 0 Å². The van der Waals surface area contributed by atoms with Crippen LogP contribution in [0.2, 0.25) is 0 Å². The molecular formula is C46H70NO11P. The summed E-state index contributed by atoms with van der Waals surface area (Å²) < 4.78 is 32.5. The summed E-state index contributed by atoms with van der Waals surface area (Å²) in [5.41, 5.74) is 5.31. The Kier molecular flexibility index (Phi) is 36.5. The van der Waals surface area contributed by atoms with Gasteiger partial charge in [-0.15, -0.1) is 0 Å². The van der Waals surface area contributed by atoms with E-state index in [1.807, 2.05) is 54.7 Å². The minimum atomic E-state index is -4.76. The van der Waals surface area contributed by atoms with Gasteiger partial charge in [0.25, 0.3) is 0 Å². The number of phosphoric ester groups is 1. The second kappa shape index (κ2) is 39.3. The molecule has 330 valence electrons. The second-order valence-corrected chi connectivity index (χ2v) is 14.7. The molecular weight excluding hydrogens is 773 g/mol. The number of hydrogen-bond acceptors (Lipinski definition) is 10. The van der Waals surface area contributed by atoms with Crippen LogP contribution in [0.3, 0.4) is 0 Å². The molecule has 0 aromatic rings. The molecule has 5 N–H and O–H groups in total. The van der Waals surface area contributed by atoms with Crippen molar-refractivity contribution < 1.29 is 52.6 Å². The molecule has 0 aromatic carbocycles. The molecule has 0 bridgehead atoms. The fourth-order valence-corrected chi connectivity index (χ4v) is 5.35. The van der Waals surface area contributed by atoms with Crippen molar-refractivity contribution in [1.29, 1.82) is 0 Å². The Morgan fingerprint density at radius 3 is 1.69 bits per heavy atom. The lowest BCUT2D eigenvalue weighted by Crippen LogP contribution is -2.34. The van der Waals surface area contributed by atoms with Crippen molar-refractivity contribution in [2.45, 2.75) is 128 Å². The highest BCUT2D eigenvalue weighted by Gasteiger charge is 2.28. The standard InChI is InChI=1S/C46H70NO11P/c1-3-5-7-8-9-10-11-12-13-16-19-22-25-28-32-36-44(49)55-38-42(39-56-59(53,54)57-40-43(47)46(51)52)58-45(50)37-33-29-26-23-20-17-14-15-18-21-24-27-31-35-41(48)34-30-6-4-2/h5-7,9-10,12-13,15,17-20,22,24,26-27,29-31,35,41-43,48H,3-4,8,11,14,16,21,23,25,28,32-34,36-40,47H2,1-2H3,(H,51,52)(H,53,54)/b7-5-,10-9-,13-12-,18-15-,20-17-,22-19-,27-24+,29-26-,30-6-,35-31+/t41?,42-,43+/m1/s1. The quantitative estimate of drug-likeness (QED) is 0.0154. The van der Waals surface area contributed by atoms with Gasteiger partial charge in [-0.25, -0.2) is 4.57 Å². The second-order valence-electron chi connectivity index (χ2n) is 13.2. The van der Waals surface area contributed by atoms with Crippen molar-refractivity contribution >= 4 is 25.7 Å². The maximum Gasteiger partial charge on any atom is 0.472 e. The summed E-state index contributed by atoms with van der Waals surface area (Å²) in [4.78, 5) is 45.9. The van der Waals surface area contributed by atoms with E-state index < -0.39 is 63.8 Å². The molecule has 0 heterocycles. The molecule has 0 spiro atoms. The van der Waals surface area contributed by atoms with Gasteiger partial charge in [0.2, 0.25) is 0 Å². The first-order valence-corrected chi connectivity index (χ1v) is 22.2. The SMILES string of the molecule is CC/C=C\C/C=C\C/C=C\C/C=C\CCCCC(=O)OC[C@H](COP(=O)(O)OC[C@H](N)C(=O)O)OC(=O)CC/C=C\C/C=C\C/C=C\C/C=C/C=C/C(O)C/C=C\CC. The Morgan fingerprint density at radius 2 is 1.12 bits per heavy atom. The smallest absolute Gasteiger partial charge is 0.472 e. The molecule has 0 aliphatic heterocycles. The molecule has 59 heavy (non-hydrogen) atoms. The van der Waals surface area contributed by atoms with E-state index in [0.717, 1.165) is 57.8 Å². The van der Waals surface area contributed by atoms with Crippen LogP contribution >= 0.6 is 7.82 Å². The molecule has 0 amide bonds. The first kappa shape index (κ1) is 54.8. The number of rotatable bonds is 36. The van der Waals surface area contributed by atoms with Gasteiger partial charge in [-0.3, -0.25) is 23.4 Å². The van der Waals surface area contributed by atoms with Crippen molar-refractivity contribution in [3.05, 3.63) is 122 Å². The van der Waals surface area contributed by atoms with Crippen LogP contribution in [-0.2, 0) is 37.5 Å². The Bertz CT molecular complexity index is 1470. The van der Waals surface area contributed by atoms with Crippen LogP contribution in [0, 0.1) is 0 Å². The van der Waals surface area contributed by atoms with Crippen LogP contribution in [0.1, 0.15) is 110 Å². The van der Waals surface area contributed by atoms with E-state index in [1.165, 1.54) is 0 Å². The number of aliphatic hydroxyl groups is 1. The van der Waals surface area contributed by atoms with Crippen molar-refractivity contribution in [3.63, 3.8) is 0 Å². The van der Waals surface area contributed by atoms with Crippen molar-refractivity contribution in [2.24, 2.45) is 5.73 Å². The maximum absolute atomic E-state index is 12.6. The fourth-order valence-electron chi connectivity index (χ4n) is 4.57. The van der Waals surface area contributed by atoms with E-state index >= 15 is 0 Å². The summed E-state index contributed by atoms with van der Waals surface area (Å²) in [6, 6.07) is -1.55. The molecule has 12 nitrogen and oxygen atoms in total. The number of unbranched alkanes of at least 4 members (excludes halogenated alkanes) is 2. The number of hydrogen-bond donors (Lipinski definition) is 4. The van der Waals surface area contributed by atoms with Gasteiger partial charge in [-0.1, -0.05) is 135 Å². The van der Waals surface area contributed by atoms with Gasteiger partial charge in [0, 0.05) is 12.8 Å². The van der Waals surface area contributed by atoms with Crippen LogP contribution in [0.5, 0.6) is 0 Å². The topological polar surface area (TPSA) is 192 Å². The molecule has 0 aliphatic rings. The van der Waals surface area contributed by atoms with Gasteiger partial charge in [-0.05, 0) is 83.5 Å². The molecule has 0 fully saturated rings. The first-order valence-electron chi connectivity index (χ1n) is 20.7. The van der Waals surface area contributed by atoms with Gasteiger partial charge in [0.1, 0.15) is 12.6 Å². The number of carboxylic acids is 1. The molecule has 13 heteroatoms. The number of esters is 2. The van der Waals surface area contributed by atoms with Gasteiger partial charge in [0.15, 0.2) is 6.10 Å². The molecule has 0 saturated heterocycles. The Balaban J connectivity index is 4.66. The average molecular weight is 844 g/mol. The van der Waals surface area contributed by atoms with Crippen LogP contribution in [0.4, 0.5) is 0 Å². The van der Waals surface area contributed by atoms with Crippen LogP contribution in [0.15, 0.2) is 122 Å². The van der Waals surface area contributed by atoms with E-state index in [4.69, 9.17) is 24.8 Å². The third-order valence-electron chi connectivity index (χ3n) is 7.80. The fraction of sp³-hybridized carbons (Fsp3) is 0.500. The van der Waals surface area contributed by atoms with E-state index in [0.29, 0.717) is 25.7 Å². The lowest BCUT2D eigenvalue weighted by Gasteiger charge is -2.20. The summed E-state index contributed by atoms with van der Waals surface area (Å²) in [7, 11) is -4.76. The molecule has 0 saturated carbocycles. The zero-order chi connectivity index (χ0) is 43.7. The molecule has 4 atom stereocenters. The summed E-state index contributed by atoms with van der Waals surface area (Å²) in [6.07, 6.45) is 49.0. The number of nitrogens with two attached hydrogens (primary N) is 1. The molecule has 0 aromatic heterocycles. The Hall–Kier alpha value is -4.16. The third-order valence-corrected chi connectivity index (χ3v) is 8.75. The first-order chi connectivity index (χ1) is 28.5. The number of allylic oxidation sites excluding steroid dienone is 18. The number of ether oxygens (including phenoxy) is 2. The minimum absolute atomic E-state index is 0.00300. The molecule has 0 rings (SSSR count). The number of carbonyl (C=O) groups excluding carboxylic acids is 2. The number of carboxylic acid groups (broad SMARTS) is 1. The summed E-state index contributed by atoms with van der Waals surface area (Å²) in [5.74, 6) is -2.59. The van der Waals surface area contributed by atoms with Crippen LogP contribution < -0.4 is 5.73 Å². The van der Waals surface area contributed by atoms with Crippen molar-refractivity contribution in [1.82, 2.24) is 0 Å². The zero-order valence-electron chi connectivity index (χ0n) is 35.1. The molecule has 0 aliphatic carbocycles. The molecule has 0 radical (unpaired) electrons. The lowest BCUT2D eigenvalue weighted by atomic mass is 10.2. The highest BCUT2D eigenvalue weighted by molar-refractivity contribution is 7.47. The van der Waals surface area contributed by atoms with E-state index in [1.54, 1.807) is 6.08 Å². The number of phosphoric acid groups is 1. The number of aliphatic carboxylic acids is 1. The number of aliphatic hydroxyl groups excluding tert-OH is 1. The predicted molar refractivity (Wildman–Crippen MR) is 236 cm³/mol. The largest absolute Gasteiger partial charge is 0.480 e. The van der Waals surface area contributed by atoms with Crippen molar-refractivity contribution in [2.75, 3.05) is 19.8 Å². The predicted octanol–water partition coefficient (Wildman–Crippen LogP) is 9.80. The van der Waals surface area contributed by atoms with Gasteiger partial charge >= 0.3 is 25.7 Å². The van der Waals surface area contributed by atoms with E-state index in [9.17, 15) is 28.9 Å². The third kappa shape index (κ3) is 39.1. The maximum atomic E-state index is 12.6. The van der Waals surface area contributed by atoms with Gasteiger partial charge < -0.3 is 30.3 Å². The minimum Gasteiger partial charge on any atom is -0.480 e. The normalized spacial score (nSPS) is 15.5. The molecule has 2 unspecified atom stereocenters. The van der Waals surface area contributed by atoms with E-state index in [-0.39, 0.29) is 12.8 Å². The highest BCUT2D eigenvalue weighted by Crippen LogP contribution is 2.43. The Labute approximate surface area is 352 Å². The van der Waals surface area contributed by atoms with Crippen LogP contribution in [-0.4, -0.2) is 71.1 Å². The summed E-state index contributed by atoms with van der Waals surface area (Å²) in [5, 5.41) is 18.7. The highest BCUT2D eigenvalue weighted by atomic mass is 31.2. The Morgan fingerprint density at radius 1 is 0.610 bits per heavy atom. The monoisotopic (exact) mass is 843 g/mol. The summed E-state index contributed by atoms with van der Waals surface area (Å²) in [6.45, 7) is 2.32. The number of carbonyl (C=O) groups is 3. The zero-order valence-corrected chi connectivity index (χ0v) is 36.0. The average Bonchev–Trinajstić information content (AvgIpc) is 3.20.